The highest BCUT2D eigenvalue weighted by atomic mass is 14.7. The molecular weight excluding hydrogens is 384 g/mol. The highest BCUT2D eigenvalue weighted by Crippen LogP contribution is 2.71. The molecule has 0 amide bonds. The lowest BCUT2D eigenvalue weighted by atomic mass is 9.46. The fourth-order valence-corrected chi connectivity index (χ4v) is 12.8. The van der Waals surface area contributed by atoms with Crippen LogP contribution in [-0.2, 0) is 0 Å². The molecule has 0 aromatic carbocycles. The zero-order chi connectivity index (χ0) is 21.1. The van der Waals surface area contributed by atoms with Crippen LogP contribution in [0.25, 0.3) is 0 Å². The number of hydrogen-bond acceptors (Lipinski definition) is 0. The molecule has 0 heteroatoms. The predicted molar refractivity (Wildman–Crippen MR) is 134 cm³/mol. The van der Waals surface area contributed by atoms with E-state index in [9.17, 15) is 0 Å². The van der Waals surface area contributed by atoms with Gasteiger partial charge in [0, 0.05) is 0 Å². The molecule has 8 atom stereocenters. The fraction of sp³-hybridized carbons (Fsp3) is 1.00. The van der Waals surface area contributed by atoms with E-state index in [0.29, 0.717) is 0 Å². The Morgan fingerprint density at radius 2 is 0.562 bits per heavy atom. The summed E-state index contributed by atoms with van der Waals surface area (Å²) in [6.07, 6.45) is 32.1. The summed E-state index contributed by atoms with van der Waals surface area (Å²) in [7, 11) is 0. The minimum Gasteiger partial charge on any atom is -0.0533 e. The van der Waals surface area contributed by atoms with Crippen molar-refractivity contribution in [1.82, 2.24) is 0 Å². The van der Waals surface area contributed by atoms with Crippen molar-refractivity contribution in [2.75, 3.05) is 0 Å². The van der Waals surface area contributed by atoms with Crippen molar-refractivity contribution >= 4 is 0 Å². The third kappa shape index (κ3) is 3.33. The van der Waals surface area contributed by atoms with Crippen molar-refractivity contribution in [3.05, 3.63) is 0 Å². The minimum absolute atomic E-state index is 1.13. The fourth-order valence-electron chi connectivity index (χ4n) is 12.8. The average Bonchev–Trinajstić information content (AvgIpc) is 3.19. The highest BCUT2D eigenvalue weighted by molar-refractivity contribution is 5.13. The van der Waals surface area contributed by atoms with E-state index < -0.39 is 0 Å². The van der Waals surface area contributed by atoms with Crippen LogP contribution in [0.2, 0.25) is 0 Å². The predicted octanol–water partition coefficient (Wildman–Crippen LogP) is 9.28. The molecule has 7 rings (SSSR count). The lowest BCUT2D eigenvalue weighted by Crippen LogP contribution is -2.53. The molecule has 0 aliphatic heterocycles. The Morgan fingerprint density at radius 1 is 0.219 bits per heavy atom. The molecule has 180 valence electrons. The quantitative estimate of drug-likeness (QED) is 0.404. The Balaban J connectivity index is 1.32. The Bertz CT molecular complexity index is 584. The van der Waals surface area contributed by atoms with Gasteiger partial charge in [0.25, 0.3) is 0 Å². The standard InChI is InChI=1S/C32H52/c1-3-11-22(12-4-1)29-24-17-7-8-18-25(24)30(23-13-5-2-6-14-23)32-27-20-10-16-21-15-9-19-26(28(21)27)31(29)32/h21-32H,1-20H2. The molecule has 0 N–H and O–H groups in total. The normalized spacial score (nSPS) is 52.1. The van der Waals surface area contributed by atoms with Crippen LogP contribution in [0.15, 0.2) is 0 Å². The third-order valence-corrected chi connectivity index (χ3v) is 13.3. The van der Waals surface area contributed by atoms with Crippen LogP contribution in [0.5, 0.6) is 0 Å². The summed E-state index contributed by atoms with van der Waals surface area (Å²) < 4.78 is 0. The lowest BCUT2D eigenvalue weighted by molar-refractivity contribution is -0.107. The zero-order valence-electron chi connectivity index (χ0n) is 21.1. The molecule has 8 unspecified atom stereocenters. The topological polar surface area (TPSA) is 0 Å². The summed E-state index contributed by atoms with van der Waals surface area (Å²) in [5, 5.41) is 0. The summed E-state index contributed by atoms with van der Waals surface area (Å²) in [6.45, 7) is 0. The van der Waals surface area contributed by atoms with Gasteiger partial charge >= 0.3 is 0 Å². The molecule has 7 saturated carbocycles. The first-order chi connectivity index (χ1) is 15.9. The van der Waals surface area contributed by atoms with Gasteiger partial charge in [0.05, 0.1) is 0 Å². The van der Waals surface area contributed by atoms with Crippen molar-refractivity contribution in [2.45, 2.75) is 128 Å². The highest BCUT2D eigenvalue weighted by Gasteiger charge is 2.65. The summed E-state index contributed by atoms with van der Waals surface area (Å²) in [5.41, 5.74) is 0. The Kier molecular flexibility index (Phi) is 5.92. The van der Waals surface area contributed by atoms with Gasteiger partial charge < -0.3 is 0 Å². The second kappa shape index (κ2) is 8.90. The summed E-state index contributed by atoms with van der Waals surface area (Å²) in [6, 6.07) is 0. The number of hydrogen-bond donors (Lipinski definition) is 0. The SMILES string of the molecule is C1CCC(C2C3CCCCC3C(C3CCCCC3)C3C4CCCC5CCCC(C54)C23)CC1. The van der Waals surface area contributed by atoms with Crippen LogP contribution in [-0.4, -0.2) is 0 Å². The maximum Gasteiger partial charge on any atom is -0.0315 e. The Labute approximate surface area is 199 Å². The van der Waals surface area contributed by atoms with Crippen LogP contribution >= 0.6 is 0 Å². The first-order valence-corrected chi connectivity index (χ1v) is 15.9. The van der Waals surface area contributed by atoms with E-state index in [4.69, 9.17) is 0 Å². The second-order valence-corrected chi connectivity index (χ2v) is 14.2. The van der Waals surface area contributed by atoms with Crippen LogP contribution in [0, 0.1) is 71.0 Å². The van der Waals surface area contributed by atoms with Gasteiger partial charge in [-0.1, -0.05) is 103 Å². The molecule has 7 fully saturated rings. The van der Waals surface area contributed by atoms with E-state index in [1.54, 1.807) is 128 Å². The molecule has 0 heterocycles. The van der Waals surface area contributed by atoms with E-state index in [1.807, 2.05) is 0 Å². The van der Waals surface area contributed by atoms with Crippen molar-refractivity contribution in [3.8, 4) is 0 Å². The average molecular weight is 437 g/mol. The van der Waals surface area contributed by atoms with Crippen molar-refractivity contribution in [2.24, 2.45) is 71.0 Å². The molecule has 0 bridgehead atoms. The monoisotopic (exact) mass is 436 g/mol. The molecule has 0 spiro atoms. The number of rotatable bonds is 2. The lowest BCUT2D eigenvalue weighted by Gasteiger charge is -2.59. The largest absolute Gasteiger partial charge is 0.0533 e. The van der Waals surface area contributed by atoms with E-state index in [0.717, 1.165) is 29.6 Å². The van der Waals surface area contributed by atoms with Crippen LogP contribution < -0.4 is 0 Å². The Hall–Kier alpha value is 0. The van der Waals surface area contributed by atoms with E-state index in [2.05, 4.69) is 0 Å². The second-order valence-electron chi connectivity index (χ2n) is 14.2. The zero-order valence-corrected chi connectivity index (χ0v) is 21.1. The third-order valence-electron chi connectivity index (χ3n) is 13.3. The van der Waals surface area contributed by atoms with Gasteiger partial charge in [-0.25, -0.2) is 0 Å². The van der Waals surface area contributed by atoms with Gasteiger partial charge in [0.2, 0.25) is 0 Å². The maximum absolute atomic E-state index is 1.65. The van der Waals surface area contributed by atoms with Gasteiger partial charge in [0.1, 0.15) is 0 Å². The van der Waals surface area contributed by atoms with Gasteiger partial charge in [-0.2, -0.15) is 0 Å². The first-order valence-electron chi connectivity index (χ1n) is 15.9. The van der Waals surface area contributed by atoms with E-state index in [1.165, 1.54) is 41.4 Å². The van der Waals surface area contributed by atoms with Crippen molar-refractivity contribution < 1.29 is 0 Å². The molecule has 32 heavy (non-hydrogen) atoms. The summed E-state index contributed by atoms with van der Waals surface area (Å²) in [4.78, 5) is 0. The van der Waals surface area contributed by atoms with Gasteiger partial charge in [-0.15, -0.1) is 0 Å². The molecule has 0 aromatic rings. The molecule has 0 aromatic heterocycles. The molecule has 7 aliphatic rings. The summed E-state index contributed by atoms with van der Waals surface area (Å²) in [5.74, 6) is 13.9. The van der Waals surface area contributed by atoms with Gasteiger partial charge in [0.15, 0.2) is 0 Å². The molecule has 0 nitrogen and oxygen atoms in total. The molecular formula is C32H52. The molecule has 0 radical (unpaired) electrons. The van der Waals surface area contributed by atoms with E-state index in [-0.39, 0.29) is 0 Å². The molecule has 0 saturated heterocycles. The molecule has 7 aliphatic carbocycles. The van der Waals surface area contributed by atoms with Crippen molar-refractivity contribution in [3.63, 3.8) is 0 Å². The first kappa shape index (κ1) is 21.3. The van der Waals surface area contributed by atoms with Crippen LogP contribution in [0.4, 0.5) is 0 Å². The van der Waals surface area contributed by atoms with Crippen molar-refractivity contribution in [1.29, 1.82) is 0 Å². The van der Waals surface area contributed by atoms with Gasteiger partial charge in [-0.3, -0.25) is 0 Å². The van der Waals surface area contributed by atoms with E-state index >= 15 is 0 Å². The summed E-state index contributed by atoms with van der Waals surface area (Å²) >= 11 is 0. The number of fused-ring (bicyclic) bond motifs is 4. The van der Waals surface area contributed by atoms with Crippen LogP contribution in [0.1, 0.15) is 128 Å². The smallest absolute Gasteiger partial charge is 0.0315 e. The minimum atomic E-state index is 1.13. The van der Waals surface area contributed by atoms with Gasteiger partial charge in [-0.05, 0) is 96.7 Å². The van der Waals surface area contributed by atoms with Crippen LogP contribution in [0.3, 0.4) is 0 Å². The Morgan fingerprint density at radius 3 is 1.03 bits per heavy atom. The maximum atomic E-state index is 1.65.